The Balaban J connectivity index is 1.86. The average molecular weight is 376 g/mol. The summed E-state index contributed by atoms with van der Waals surface area (Å²) in [7, 11) is 1.70. The van der Waals surface area contributed by atoms with Crippen molar-refractivity contribution in [3.05, 3.63) is 24.2 Å². The quantitative estimate of drug-likeness (QED) is 0.427. The molecule has 0 aliphatic carbocycles. The van der Waals surface area contributed by atoms with Crippen LogP contribution in [0.15, 0.2) is 18.5 Å². The molecule has 5 N–H and O–H groups in total. The molecule has 1 fully saturated rings. The van der Waals surface area contributed by atoms with Crippen LogP contribution in [0.25, 0.3) is 5.52 Å². The number of fused-ring (bicyclic) bond motifs is 1. The zero-order valence-corrected chi connectivity index (χ0v) is 14.6. The molecule has 1 saturated heterocycles. The van der Waals surface area contributed by atoms with E-state index in [0.717, 1.165) is 0 Å². The first-order valence-corrected chi connectivity index (χ1v) is 8.28. The predicted molar refractivity (Wildman–Crippen MR) is 91.1 cm³/mol. The number of nitrogen functional groups attached to an aromatic ring is 1. The number of hydrogen-bond acceptors (Lipinski definition) is 10. The van der Waals surface area contributed by atoms with Crippen molar-refractivity contribution < 1.29 is 24.5 Å². The number of aromatic nitrogens is 3. The van der Waals surface area contributed by atoms with Crippen LogP contribution in [0, 0.1) is 11.3 Å². The number of nitrogens with one attached hydrogen (secondary N) is 1. The van der Waals surface area contributed by atoms with Gasteiger partial charge in [0.25, 0.3) is 0 Å². The lowest BCUT2D eigenvalue weighted by atomic mass is 9.92. The maximum atomic E-state index is 11.7. The van der Waals surface area contributed by atoms with E-state index in [1.165, 1.54) is 16.9 Å². The van der Waals surface area contributed by atoms with E-state index in [1.807, 2.05) is 6.07 Å². The third-order valence-corrected chi connectivity index (χ3v) is 4.47. The minimum absolute atomic E-state index is 0.144. The van der Waals surface area contributed by atoms with E-state index in [9.17, 15) is 20.3 Å². The van der Waals surface area contributed by atoms with E-state index in [4.69, 9.17) is 15.2 Å². The van der Waals surface area contributed by atoms with E-state index >= 15 is 0 Å². The van der Waals surface area contributed by atoms with Crippen molar-refractivity contribution in [2.24, 2.45) is 0 Å². The van der Waals surface area contributed by atoms with Gasteiger partial charge in [0.05, 0.1) is 12.1 Å². The Morgan fingerprint density at radius 1 is 1.56 bits per heavy atom. The zero-order chi connectivity index (χ0) is 19.6. The van der Waals surface area contributed by atoms with Gasteiger partial charge in [0.15, 0.2) is 5.82 Å². The highest BCUT2D eigenvalue weighted by atomic mass is 16.6. The number of nitriles is 1. The number of carbonyl (C=O) groups excluding carboxylic acids is 1. The van der Waals surface area contributed by atoms with Gasteiger partial charge in [-0.05, 0) is 19.2 Å². The Morgan fingerprint density at radius 3 is 3.04 bits per heavy atom. The maximum Gasteiger partial charge on any atom is 0.307 e. The Morgan fingerprint density at radius 2 is 2.33 bits per heavy atom. The Bertz CT molecular complexity index is 880. The van der Waals surface area contributed by atoms with Gasteiger partial charge in [-0.3, -0.25) is 4.79 Å². The molecule has 0 spiro atoms. The molecule has 1 aliphatic rings. The summed E-state index contributed by atoms with van der Waals surface area (Å²) in [4.78, 5) is 15.5. The van der Waals surface area contributed by atoms with Gasteiger partial charge in [0, 0.05) is 6.54 Å². The van der Waals surface area contributed by atoms with E-state index in [2.05, 4.69) is 15.4 Å². The average Bonchev–Trinajstić information content (AvgIpc) is 3.21. The number of anilines is 1. The molecule has 2 aromatic rings. The van der Waals surface area contributed by atoms with Gasteiger partial charge < -0.3 is 30.7 Å². The summed E-state index contributed by atoms with van der Waals surface area (Å²) in [6, 6.07) is 5.01. The molecule has 4 atom stereocenters. The molecule has 2 aromatic heterocycles. The lowest BCUT2D eigenvalue weighted by Crippen LogP contribution is -2.41. The van der Waals surface area contributed by atoms with Crippen molar-refractivity contribution in [2.75, 3.05) is 25.9 Å². The predicted octanol–water partition coefficient (Wildman–Crippen LogP) is -1.70. The standard InChI is InChI=1S/C16H20N6O5/c1-19-5-4-12(23)26-6-10-13(24)14(25)16(7-17,27-10)11-3-2-9-15(18)20-8-21-22(9)11/h2-3,8,10,13-14,19,24-25H,4-6H2,1H3,(H2,18,20,21)/t10-,13-,14-,16+/m1/s1. The summed E-state index contributed by atoms with van der Waals surface area (Å²) in [5.41, 5.74) is 4.49. The zero-order valence-electron chi connectivity index (χ0n) is 14.6. The first-order valence-electron chi connectivity index (χ1n) is 8.28. The fourth-order valence-electron chi connectivity index (χ4n) is 3.02. The molecule has 144 valence electrons. The third-order valence-electron chi connectivity index (χ3n) is 4.47. The third kappa shape index (κ3) is 3.19. The molecule has 11 heteroatoms. The number of hydrogen-bond donors (Lipinski definition) is 4. The Kier molecular flexibility index (Phi) is 5.24. The summed E-state index contributed by atoms with van der Waals surface area (Å²) in [6.07, 6.45) is -2.76. The second-order valence-corrected chi connectivity index (χ2v) is 6.14. The van der Waals surface area contributed by atoms with Crippen LogP contribution >= 0.6 is 0 Å². The molecule has 3 heterocycles. The number of esters is 1. The van der Waals surface area contributed by atoms with Crippen molar-refractivity contribution >= 4 is 17.3 Å². The molecule has 3 rings (SSSR count). The second kappa shape index (κ2) is 7.45. The van der Waals surface area contributed by atoms with Crippen LogP contribution < -0.4 is 11.1 Å². The normalized spacial score (nSPS) is 27.6. The van der Waals surface area contributed by atoms with Crippen molar-refractivity contribution in [3.63, 3.8) is 0 Å². The number of nitrogens with two attached hydrogens (primary N) is 1. The van der Waals surface area contributed by atoms with Gasteiger partial charge in [0.2, 0.25) is 5.60 Å². The largest absolute Gasteiger partial charge is 0.463 e. The van der Waals surface area contributed by atoms with Gasteiger partial charge in [-0.25, -0.2) is 9.50 Å². The van der Waals surface area contributed by atoms with Gasteiger partial charge in [-0.15, -0.1) is 0 Å². The minimum Gasteiger partial charge on any atom is -0.463 e. The maximum absolute atomic E-state index is 11.7. The molecule has 1 aliphatic heterocycles. The molecule has 0 radical (unpaired) electrons. The number of aliphatic hydroxyl groups is 2. The number of nitrogens with zero attached hydrogens (tertiary/aromatic N) is 4. The highest BCUT2D eigenvalue weighted by Gasteiger charge is 2.57. The molecular formula is C16H20N6O5. The Labute approximate surface area is 154 Å². The molecule has 0 amide bonds. The Hall–Kier alpha value is -2.78. The van der Waals surface area contributed by atoms with E-state index in [-0.39, 0.29) is 24.5 Å². The van der Waals surface area contributed by atoms with E-state index < -0.39 is 29.9 Å². The summed E-state index contributed by atoms with van der Waals surface area (Å²) >= 11 is 0. The van der Waals surface area contributed by atoms with Crippen molar-refractivity contribution in [1.29, 1.82) is 5.26 Å². The van der Waals surface area contributed by atoms with Crippen molar-refractivity contribution in [3.8, 4) is 6.07 Å². The molecule has 11 nitrogen and oxygen atoms in total. The van der Waals surface area contributed by atoms with Crippen LogP contribution in [0.3, 0.4) is 0 Å². The fraction of sp³-hybridized carbons (Fsp3) is 0.500. The first-order chi connectivity index (χ1) is 12.9. The molecular weight excluding hydrogens is 356 g/mol. The molecule has 0 bridgehead atoms. The molecule has 0 unspecified atom stereocenters. The number of ether oxygens (including phenoxy) is 2. The lowest BCUT2D eigenvalue weighted by molar-refractivity contribution is -0.150. The summed E-state index contributed by atoms with van der Waals surface area (Å²) in [5, 5.41) is 37.5. The highest BCUT2D eigenvalue weighted by molar-refractivity contribution is 5.69. The smallest absolute Gasteiger partial charge is 0.307 e. The van der Waals surface area contributed by atoms with Gasteiger partial charge in [-0.1, -0.05) is 0 Å². The first kappa shape index (κ1) is 19.0. The van der Waals surface area contributed by atoms with Crippen LogP contribution in [0.4, 0.5) is 5.82 Å². The topological polar surface area (TPSA) is 168 Å². The summed E-state index contributed by atoms with van der Waals surface area (Å²) in [5.74, 6) is -0.301. The van der Waals surface area contributed by atoms with Gasteiger partial charge >= 0.3 is 5.97 Å². The number of aliphatic hydroxyl groups excluding tert-OH is 2. The van der Waals surface area contributed by atoms with Crippen LogP contribution in [0.2, 0.25) is 0 Å². The fourth-order valence-corrected chi connectivity index (χ4v) is 3.02. The number of rotatable bonds is 6. The summed E-state index contributed by atoms with van der Waals surface area (Å²) in [6.45, 7) is 0.138. The second-order valence-electron chi connectivity index (χ2n) is 6.14. The van der Waals surface area contributed by atoms with Crippen LogP contribution in [-0.2, 0) is 19.9 Å². The van der Waals surface area contributed by atoms with E-state index in [1.54, 1.807) is 13.1 Å². The van der Waals surface area contributed by atoms with Crippen LogP contribution in [-0.4, -0.2) is 69.3 Å². The number of carbonyl (C=O) groups is 1. The molecule has 0 saturated carbocycles. The lowest BCUT2D eigenvalue weighted by Gasteiger charge is -2.24. The highest BCUT2D eigenvalue weighted by Crippen LogP contribution is 2.40. The van der Waals surface area contributed by atoms with Crippen molar-refractivity contribution in [2.45, 2.75) is 30.3 Å². The van der Waals surface area contributed by atoms with Gasteiger partial charge in [0.1, 0.15) is 42.8 Å². The molecule has 0 aromatic carbocycles. The van der Waals surface area contributed by atoms with Crippen LogP contribution in [0.1, 0.15) is 12.1 Å². The molecule has 27 heavy (non-hydrogen) atoms. The van der Waals surface area contributed by atoms with Gasteiger partial charge in [-0.2, -0.15) is 10.4 Å². The van der Waals surface area contributed by atoms with Crippen LogP contribution in [0.5, 0.6) is 0 Å². The monoisotopic (exact) mass is 376 g/mol. The minimum atomic E-state index is -1.91. The van der Waals surface area contributed by atoms with E-state index in [0.29, 0.717) is 12.1 Å². The summed E-state index contributed by atoms with van der Waals surface area (Å²) < 4.78 is 12.1. The SMILES string of the molecule is CNCCC(=O)OC[C@H]1O[C@@](C#N)(c2ccc3c(N)ncnn23)[C@H](O)[C@@H]1O. The van der Waals surface area contributed by atoms with Crippen molar-refractivity contribution in [1.82, 2.24) is 19.9 Å².